The van der Waals surface area contributed by atoms with Crippen molar-refractivity contribution in [3.05, 3.63) is 0 Å². The zero-order valence-electron chi connectivity index (χ0n) is 9.34. The van der Waals surface area contributed by atoms with Crippen LogP contribution in [0, 0.1) is 5.92 Å². The van der Waals surface area contributed by atoms with Crippen molar-refractivity contribution in [3.63, 3.8) is 0 Å². The van der Waals surface area contributed by atoms with Gasteiger partial charge in [0, 0.05) is 6.42 Å². The van der Waals surface area contributed by atoms with Gasteiger partial charge in [0.2, 0.25) is 0 Å². The Morgan fingerprint density at radius 2 is 1.79 bits per heavy atom. The first kappa shape index (κ1) is 13.1. The zero-order valence-corrected chi connectivity index (χ0v) is 9.34. The van der Waals surface area contributed by atoms with E-state index in [1.165, 1.54) is 0 Å². The highest BCUT2D eigenvalue weighted by atomic mass is 16.5. The largest absolute Gasteiger partial charge is 0.465 e. The van der Waals surface area contributed by atoms with Crippen LogP contribution in [-0.2, 0) is 14.3 Å². The molecule has 1 atom stereocenters. The van der Waals surface area contributed by atoms with E-state index < -0.39 is 5.92 Å². The monoisotopic (exact) mass is 200 g/mol. The van der Waals surface area contributed by atoms with Crippen molar-refractivity contribution in [2.75, 3.05) is 6.61 Å². The minimum atomic E-state index is -0.528. The molecule has 3 heteroatoms. The zero-order chi connectivity index (χ0) is 11.0. The fourth-order valence-corrected chi connectivity index (χ4v) is 1.36. The van der Waals surface area contributed by atoms with Gasteiger partial charge in [0.05, 0.1) is 6.61 Å². The Morgan fingerprint density at radius 3 is 2.21 bits per heavy atom. The molecule has 0 N–H and O–H groups in total. The summed E-state index contributed by atoms with van der Waals surface area (Å²) in [6, 6.07) is 0. The summed E-state index contributed by atoms with van der Waals surface area (Å²) in [6.45, 7) is 6.00. The summed E-state index contributed by atoms with van der Waals surface area (Å²) in [5, 5.41) is 0. The Balaban J connectivity index is 4.25. The van der Waals surface area contributed by atoms with Crippen LogP contribution >= 0.6 is 0 Å². The maximum absolute atomic E-state index is 11.5. The number of ketones is 1. The van der Waals surface area contributed by atoms with Gasteiger partial charge in [-0.15, -0.1) is 0 Å². The van der Waals surface area contributed by atoms with Crippen molar-refractivity contribution in [1.29, 1.82) is 0 Å². The third-order valence-corrected chi connectivity index (χ3v) is 2.03. The summed E-state index contributed by atoms with van der Waals surface area (Å²) in [5.41, 5.74) is 0. The molecule has 0 saturated heterocycles. The molecule has 0 aromatic heterocycles. The molecule has 0 spiro atoms. The first-order chi connectivity index (χ1) is 6.67. The molecule has 0 rings (SSSR count). The maximum Gasteiger partial charge on any atom is 0.316 e. The van der Waals surface area contributed by atoms with Crippen molar-refractivity contribution in [3.8, 4) is 0 Å². The molecule has 0 saturated carbocycles. The Hall–Kier alpha value is -0.860. The molecule has 0 aromatic rings. The van der Waals surface area contributed by atoms with E-state index in [1.54, 1.807) is 6.92 Å². The molecule has 0 fully saturated rings. The number of esters is 1. The van der Waals surface area contributed by atoms with E-state index in [1.807, 2.05) is 13.8 Å². The molecule has 0 aliphatic rings. The van der Waals surface area contributed by atoms with Gasteiger partial charge in [-0.3, -0.25) is 9.59 Å². The number of rotatable bonds is 7. The number of hydrogen-bond donors (Lipinski definition) is 0. The predicted octanol–water partition coefficient (Wildman–Crippen LogP) is 2.33. The average Bonchev–Trinajstić information content (AvgIpc) is 2.14. The quantitative estimate of drug-likeness (QED) is 0.468. The van der Waals surface area contributed by atoms with E-state index in [0.29, 0.717) is 19.4 Å². The van der Waals surface area contributed by atoms with Crippen LogP contribution < -0.4 is 0 Å². The van der Waals surface area contributed by atoms with Gasteiger partial charge in [0.1, 0.15) is 11.7 Å². The van der Waals surface area contributed by atoms with E-state index in [-0.39, 0.29) is 11.8 Å². The standard InChI is InChI=1S/C11H20O3/c1-4-7-9(10(12)8-5-2)11(13)14-6-3/h9H,4-8H2,1-3H3. The van der Waals surface area contributed by atoms with Crippen LogP contribution in [0.15, 0.2) is 0 Å². The normalized spacial score (nSPS) is 12.2. The second-order valence-electron chi connectivity index (χ2n) is 3.31. The first-order valence-corrected chi connectivity index (χ1v) is 5.36. The molecule has 0 aromatic carbocycles. The van der Waals surface area contributed by atoms with Crippen molar-refractivity contribution in [2.45, 2.75) is 46.5 Å². The summed E-state index contributed by atoms with van der Waals surface area (Å²) in [5.74, 6) is -0.861. The van der Waals surface area contributed by atoms with Crippen LogP contribution in [0.2, 0.25) is 0 Å². The number of carbonyl (C=O) groups is 2. The molecule has 0 bridgehead atoms. The van der Waals surface area contributed by atoms with Gasteiger partial charge in [0.15, 0.2) is 0 Å². The van der Waals surface area contributed by atoms with Crippen LogP contribution in [0.5, 0.6) is 0 Å². The fourth-order valence-electron chi connectivity index (χ4n) is 1.36. The van der Waals surface area contributed by atoms with Gasteiger partial charge in [-0.25, -0.2) is 0 Å². The number of hydrogen-bond acceptors (Lipinski definition) is 3. The molecule has 0 heterocycles. The second-order valence-corrected chi connectivity index (χ2v) is 3.31. The smallest absolute Gasteiger partial charge is 0.316 e. The van der Waals surface area contributed by atoms with E-state index >= 15 is 0 Å². The lowest BCUT2D eigenvalue weighted by Gasteiger charge is -2.12. The summed E-state index contributed by atoms with van der Waals surface area (Å²) in [7, 11) is 0. The van der Waals surface area contributed by atoms with E-state index in [4.69, 9.17) is 4.74 Å². The van der Waals surface area contributed by atoms with Gasteiger partial charge in [-0.05, 0) is 19.8 Å². The van der Waals surface area contributed by atoms with E-state index in [9.17, 15) is 9.59 Å². The van der Waals surface area contributed by atoms with Gasteiger partial charge in [-0.1, -0.05) is 20.3 Å². The minimum absolute atomic E-state index is 0.0211. The van der Waals surface area contributed by atoms with Gasteiger partial charge in [0.25, 0.3) is 0 Å². The Bertz CT molecular complexity index is 169. The van der Waals surface area contributed by atoms with Crippen LogP contribution in [0.1, 0.15) is 46.5 Å². The van der Waals surface area contributed by atoms with Gasteiger partial charge >= 0.3 is 5.97 Å². The Kier molecular flexibility index (Phi) is 7.07. The predicted molar refractivity (Wildman–Crippen MR) is 54.9 cm³/mol. The summed E-state index contributed by atoms with van der Waals surface area (Å²) in [6.07, 6.45) is 2.71. The molecule has 0 radical (unpaired) electrons. The van der Waals surface area contributed by atoms with E-state index in [2.05, 4.69) is 0 Å². The lowest BCUT2D eigenvalue weighted by Crippen LogP contribution is -2.25. The first-order valence-electron chi connectivity index (χ1n) is 5.36. The highest BCUT2D eigenvalue weighted by Gasteiger charge is 2.25. The second kappa shape index (κ2) is 7.54. The molecule has 1 unspecified atom stereocenters. The number of Topliss-reactive ketones (excluding diaryl/α,β-unsaturated/α-hetero) is 1. The van der Waals surface area contributed by atoms with E-state index in [0.717, 1.165) is 12.8 Å². The third kappa shape index (κ3) is 4.40. The summed E-state index contributed by atoms with van der Waals surface area (Å²) >= 11 is 0. The van der Waals surface area contributed by atoms with Crippen LogP contribution in [0.3, 0.4) is 0 Å². The lowest BCUT2D eigenvalue weighted by molar-refractivity contribution is -0.151. The van der Waals surface area contributed by atoms with Crippen molar-refractivity contribution >= 4 is 11.8 Å². The lowest BCUT2D eigenvalue weighted by atomic mass is 9.96. The molecule has 0 aliphatic heterocycles. The molecule has 0 amide bonds. The number of carbonyl (C=O) groups excluding carboxylic acids is 2. The maximum atomic E-state index is 11.5. The molecule has 82 valence electrons. The van der Waals surface area contributed by atoms with Crippen molar-refractivity contribution in [1.82, 2.24) is 0 Å². The SMILES string of the molecule is CCCC(=O)C(CCC)C(=O)OCC. The van der Waals surface area contributed by atoms with Gasteiger partial charge < -0.3 is 4.74 Å². The highest BCUT2D eigenvalue weighted by molar-refractivity contribution is 5.98. The Labute approximate surface area is 85.8 Å². The summed E-state index contributed by atoms with van der Waals surface area (Å²) in [4.78, 5) is 23.0. The third-order valence-electron chi connectivity index (χ3n) is 2.03. The van der Waals surface area contributed by atoms with Crippen LogP contribution in [0.4, 0.5) is 0 Å². The average molecular weight is 200 g/mol. The van der Waals surface area contributed by atoms with Crippen molar-refractivity contribution < 1.29 is 14.3 Å². The molecule has 3 nitrogen and oxygen atoms in total. The molecular formula is C11H20O3. The van der Waals surface area contributed by atoms with Crippen LogP contribution in [0.25, 0.3) is 0 Å². The van der Waals surface area contributed by atoms with Gasteiger partial charge in [-0.2, -0.15) is 0 Å². The summed E-state index contributed by atoms with van der Waals surface area (Å²) < 4.78 is 4.86. The topological polar surface area (TPSA) is 43.4 Å². The Morgan fingerprint density at radius 1 is 1.14 bits per heavy atom. The minimum Gasteiger partial charge on any atom is -0.465 e. The van der Waals surface area contributed by atoms with Crippen LogP contribution in [-0.4, -0.2) is 18.4 Å². The molecular weight excluding hydrogens is 180 g/mol. The van der Waals surface area contributed by atoms with Crippen molar-refractivity contribution in [2.24, 2.45) is 5.92 Å². The fraction of sp³-hybridized carbons (Fsp3) is 0.818. The highest BCUT2D eigenvalue weighted by Crippen LogP contribution is 2.13. The molecule has 14 heavy (non-hydrogen) atoms. The molecule has 0 aliphatic carbocycles. The number of ether oxygens (including phenoxy) is 1.